The van der Waals surface area contributed by atoms with Gasteiger partial charge in [0.15, 0.2) is 5.82 Å². The number of hydrogen-bond donors (Lipinski definition) is 1. The van der Waals surface area contributed by atoms with Crippen LogP contribution in [0.25, 0.3) is 32.8 Å². The van der Waals surface area contributed by atoms with Crippen molar-refractivity contribution >= 4 is 56.8 Å². The molecule has 1 aromatic carbocycles. The van der Waals surface area contributed by atoms with Crippen LogP contribution in [0.3, 0.4) is 0 Å². The van der Waals surface area contributed by atoms with Crippen molar-refractivity contribution in [2.75, 3.05) is 20.2 Å². The number of ether oxygens (including phenoxy) is 1. The molecule has 1 atom stereocenters. The van der Waals surface area contributed by atoms with E-state index in [1.165, 1.54) is 0 Å². The number of halogens is 1. The van der Waals surface area contributed by atoms with Gasteiger partial charge in [0.05, 0.1) is 18.3 Å². The van der Waals surface area contributed by atoms with Gasteiger partial charge < -0.3 is 19.9 Å². The Kier molecular flexibility index (Phi) is 6.11. The number of aryl methyl sites for hydroxylation is 1. The monoisotopic (exact) mass is 513 g/mol. The molecule has 3 aromatic heterocycles. The molecule has 1 aliphatic carbocycles. The highest BCUT2D eigenvalue weighted by atomic mass is 35.5. The van der Waals surface area contributed by atoms with Crippen molar-refractivity contribution in [1.82, 2.24) is 19.0 Å². The van der Waals surface area contributed by atoms with Crippen molar-refractivity contribution in [3.05, 3.63) is 35.2 Å². The van der Waals surface area contributed by atoms with E-state index in [-0.39, 0.29) is 36.2 Å². The molecule has 0 bridgehead atoms. The molecule has 35 heavy (non-hydrogen) atoms. The summed E-state index contributed by atoms with van der Waals surface area (Å²) in [7, 11) is 3.52. The molecule has 1 saturated carbocycles. The third-order valence-corrected chi connectivity index (χ3v) is 7.85. The maximum Gasteiger partial charge on any atom is 0.254 e. The summed E-state index contributed by atoms with van der Waals surface area (Å²) in [5, 5.41) is 3.04. The molecule has 8 nitrogen and oxygen atoms in total. The highest BCUT2D eigenvalue weighted by molar-refractivity contribution is 7.17. The largest absolute Gasteiger partial charge is 0.494 e. The van der Waals surface area contributed by atoms with E-state index in [0.29, 0.717) is 35.7 Å². The second kappa shape index (κ2) is 8.96. The summed E-state index contributed by atoms with van der Waals surface area (Å²) in [6.07, 6.45) is 3.71. The molecule has 0 radical (unpaired) electrons. The molecule has 2 N–H and O–H groups in total. The lowest BCUT2D eigenvalue weighted by molar-refractivity contribution is 0.0708. The van der Waals surface area contributed by atoms with Crippen molar-refractivity contribution < 1.29 is 14.3 Å². The van der Waals surface area contributed by atoms with Crippen LogP contribution in [0.2, 0.25) is 0 Å². The van der Waals surface area contributed by atoms with Gasteiger partial charge in [0, 0.05) is 43.0 Å². The van der Waals surface area contributed by atoms with Crippen molar-refractivity contribution in [3.8, 4) is 17.3 Å². The number of nitrogens with zero attached hydrogens (tertiary/aromatic N) is 4. The molecule has 2 fully saturated rings. The van der Waals surface area contributed by atoms with Gasteiger partial charge >= 0.3 is 0 Å². The maximum atomic E-state index is 13.3. The average Bonchev–Trinajstić information content (AvgIpc) is 3.36. The van der Waals surface area contributed by atoms with E-state index in [2.05, 4.69) is 0 Å². The molecule has 1 unspecified atom stereocenters. The number of likely N-dealkylation sites (tertiary alicyclic amines) is 1. The minimum absolute atomic E-state index is 0. The highest BCUT2D eigenvalue weighted by Gasteiger charge is 2.34. The third-order valence-electron chi connectivity index (χ3n) is 6.93. The Hall–Kier alpha value is -2.88. The molecular formula is C25H28ClN5O3S. The number of thiophene rings is 1. The van der Waals surface area contributed by atoms with Crippen molar-refractivity contribution in [2.24, 2.45) is 18.7 Å². The predicted molar refractivity (Wildman–Crippen MR) is 140 cm³/mol. The number of imidazole rings is 1. The molecule has 6 rings (SSSR count). The number of hydrogen-bond acceptors (Lipinski definition) is 6. The third kappa shape index (κ3) is 3.91. The first kappa shape index (κ1) is 23.8. The molecule has 184 valence electrons. The van der Waals surface area contributed by atoms with Crippen LogP contribution < -0.4 is 10.5 Å². The Bertz CT molecular complexity index is 1450. The quantitative estimate of drug-likeness (QED) is 0.439. The summed E-state index contributed by atoms with van der Waals surface area (Å²) in [5.74, 6) is 1.41. The lowest BCUT2D eigenvalue weighted by Gasteiger charge is -2.30. The Morgan fingerprint density at radius 2 is 2.00 bits per heavy atom. The van der Waals surface area contributed by atoms with Crippen LogP contribution in [0.4, 0.5) is 0 Å². The van der Waals surface area contributed by atoms with Crippen molar-refractivity contribution in [2.45, 2.75) is 31.7 Å². The van der Waals surface area contributed by atoms with Gasteiger partial charge in [-0.05, 0) is 55.3 Å². The van der Waals surface area contributed by atoms with E-state index < -0.39 is 0 Å². The fourth-order valence-corrected chi connectivity index (χ4v) is 5.92. The van der Waals surface area contributed by atoms with Crippen LogP contribution in [0.5, 0.6) is 5.75 Å². The molecule has 10 heteroatoms. The fraction of sp³-hybridized carbons (Fsp3) is 0.400. The van der Waals surface area contributed by atoms with E-state index in [0.717, 1.165) is 47.1 Å². The number of aromatic nitrogens is 3. The van der Waals surface area contributed by atoms with E-state index >= 15 is 0 Å². The summed E-state index contributed by atoms with van der Waals surface area (Å²) < 4.78 is 9.48. The van der Waals surface area contributed by atoms with Crippen LogP contribution in [0.15, 0.2) is 29.6 Å². The first-order chi connectivity index (χ1) is 16.5. The summed E-state index contributed by atoms with van der Waals surface area (Å²) in [6, 6.07) is 7.67. The van der Waals surface area contributed by atoms with Crippen molar-refractivity contribution in [1.29, 1.82) is 0 Å². The number of rotatable bonds is 4. The van der Waals surface area contributed by atoms with Crippen LogP contribution in [-0.4, -0.2) is 57.1 Å². The zero-order valence-corrected chi connectivity index (χ0v) is 21.3. The van der Waals surface area contributed by atoms with Gasteiger partial charge in [-0.15, -0.1) is 23.7 Å². The first-order valence-corrected chi connectivity index (χ1v) is 12.6. The summed E-state index contributed by atoms with van der Waals surface area (Å²) in [4.78, 5) is 34.1. The molecule has 4 heterocycles. The van der Waals surface area contributed by atoms with Crippen LogP contribution in [0.1, 0.15) is 40.8 Å². The first-order valence-electron chi connectivity index (χ1n) is 11.7. The van der Waals surface area contributed by atoms with Crippen LogP contribution in [-0.2, 0) is 7.05 Å². The average molecular weight is 514 g/mol. The Balaban J connectivity index is 0.00000253. The van der Waals surface area contributed by atoms with Gasteiger partial charge in [0.25, 0.3) is 5.91 Å². The number of carbonyl (C=O) groups is 2. The van der Waals surface area contributed by atoms with Gasteiger partial charge in [0.1, 0.15) is 16.1 Å². The Morgan fingerprint density at radius 1 is 1.20 bits per heavy atom. The predicted octanol–water partition coefficient (Wildman–Crippen LogP) is 4.30. The van der Waals surface area contributed by atoms with Gasteiger partial charge in [-0.2, -0.15) is 0 Å². The molecular weight excluding hydrogens is 486 g/mol. The number of piperidine rings is 1. The highest BCUT2D eigenvalue weighted by Crippen LogP contribution is 2.39. The molecule has 0 spiro atoms. The minimum atomic E-state index is -0.0599. The second-order valence-corrected chi connectivity index (χ2v) is 10.2. The zero-order chi connectivity index (χ0) is 23.6. The molecule has 1 amide bonds. The lowest BCUT2D eigenvalue weighted by Crippen LogP contribution is -2.45. The maximum absolute atomic E-state index is 13.3. The van der Waals surface area contributed by atoms with Crippen LogP contribution in [0, 0.1) is 5.92 Å². The number of amides is 1. The van der Waals surface area contributed by atoms with Gasteiger partial charge in [-0.1, -0.05) is 0 Å². The second-order valence-electron chi connectivity index (χ2n) is 9.35. The SMILES string of the molecule is COc1cc(C(=O)N2CCCC(N)C2)cc2nc(-c3cc4ccsc4n3C(=O)C3CC3)n(C)c12.Cl. The number of methoxy groups -OCH3 is 1. The molecule has 1 saturated heterocycles. The summed E-state index contributed by atoms with van der Waals surface area (Å²) >= 11 is 1.57. The fourth-order valence-electron chi connectivity index (χ4n) is 5.02. The normalized spacial score (nSPS) is 18.1. The topological polar surface area (TPSA) is 95.4 Å². The van der Waals surface area contributed by atoms with E-state index in [1.54, 1.807) is 24.5 Å². The number of fused-ring (bicyclic) bond motifs is 2. The van der Waals surface area contributed by atoms with E-state index in [9.17, 15) is 9.59 Å². The lowest BCUT2D eigenvalue weighted by atomic mass is 10.0. The number of carbonyl (C=O) groups excluding carboxylic acids is 2. The Morgan fingerprint density at radius 3 is 2.71 bits per heavy atom. The number of benzene rings is 1. The van der Waals surface area contributed by atoms with Gasteiger partial charge in [-0.25, -0.2) is 4.98 Å². The molecule has 1 aliphatic heterocycles. The molecule has 4 aromatic rings. The minimum Gasteiger partial charge on any atom is -0.494 e. The van der Waals surface area contributed by atoms with E-state index in [4.69, 9.17) is 15.5 Å². The standard InChI is InChI=1S/C25H27N5O3S.ClH/c1-28-21-18(10-16(12-20(21)33-2)23(31)29-8-3-4-17(26)13-29)27-22(28)19-11-15-7-9-34-25(15)30(19)24(32)14-5-6-14;/h7,9-12,14,17H,3-6,8,13,26H2,1-2H3;1H. The van der Waals surface area contributed by atoms with Crippen molar-refractivity contribution in [3.63, 3.8) is 0 Å². The van der Waals surface area contributed by atoms with E-state index in [1.807, 2.05) is 44.7 Å². The van der Waals surface area contributed by atoms with Gasteiger partial charge in [-0.3, -0.25) is 14.2 Å². The summed E-state index contributed by atoms with van der Waals surface area (Å²) in [5.41, 5.74) is 8.86. The summed E-state index contributed by atoms with van der Waals surface area (Å²) in [6.45, 7) is 1.26. The number of nitrogens with two attached hydrogens (primary N) is 1. The zero-order valence-electron chi connectivity index (χ0n) is 19.7. The van der Waals surface area contributed by atoms with Crippen LogP contribution >= 0.6 is 23.7 Å². The molecule has 2 aliphatic rings. The van der Waals surface area contributed by atoms with Gasteiger partial charge in [0.2, 0.25) is 5.91 Å². The Labute approximate surface area is 213 Å². The smallest absolute Gasteiger partial charge is 0.254 e.